The van der Waals surface area contributed by atoms with Gasteiger partial charge in [0.1, 0.15) is 11.8 Å². The number of carboxylic acid groups (broad SMARTS) is 1. The monoisotopic (exact) mass is 356 g/mol. The standard InChI is InChI=1S/C17H29N3O5/c1-6-7-10(19-12(23)9(18)8-11(21)22)13(24)20-14-16(2,3)15(25)17(14,4)5/h9-10,14H,6-8,18H2,1-5H3,(H,19,23)(H,20,24)(H,21,22)/t9-,10-/m0/s1/i/hD. The molecule has 2 atom stereocenters. The predicted octanol–water partition coefficient (Wildman–Crippen LogP) is 0.193. The van der Waals surface area contributed by atoms with Crippen molar-refractivity contribution in [1.82, 2.24) is 10.6 Å². The summed E-state index contributed by atoms with van der Waals surface area (Å²) in [6, 6.07) is -2.38. The lowest BCUT2D eigenvalue weighted by Gasteiger charge is -2.55. The van der Waals surface area contributed by atoms with Crippen molar-refractivity contribution in [3.63, 3.8) is 0 Å². The van der Waals surface area contributed by atoms with Gasteiger partial charge in [-0.15, -0.1) is 0 Å². The van der Waals surface area contributed by atoms with Crippen molar-refractivity contribution >= 4 is 23.6 Å². The summed E-state index contributed by atoms with van der Waals surface area (Å²) in [4.78, 5) is 48.0. The van der Waals surface area contributed by atoms with E-state index in [1.54, 1.807) is 27.7 Å². The van der Waals surface area contributed by atoms with Gasteiger partial charge < -0.3 is 21.5 Å². The molecule has 25 heavy (non-hydrogen) atoms. The number of carbonyl (C=O) groups excluding carboxylic acids is 3. The van der Waals surface area contributed by atoms with E-state index >= 15 is 0 Å². The van der Waals surface area contributed by atoms with Gasteiger partial charge in [0.15, 0.2) is 0 Å². The molecule has 1 saturated carbocycles. The molecule has 1 fully saturated rings. The van der Waals surface area contributed by atoms with Gasteiger partial charge in [0, 0.05) is 10.8 Å². The Morgan fingerprint density at radius 3 is 2.28 bits per heavy atom. The third-order valence-corrected chi connectivity index (χ3v) is 4.83. The van der Waals surface area contributed by atoms with Crippen molar-refractivity contribution in [1.29, 1.82) is 1.43 Å². The lowest BCUT2D eigenvalue weighted by molar-refractivity contribution is -0.160. The molecule has 1 aliphatic carbocycles. The van der Waals surface area contributed by atoms with Crippen LogP contribution >= 0.6 is 0 Å². The van der Waals surface area contributed by atoms with Gasteiger partial charge in [0.2, 0.25) is 11.8 Å². The first-order chi connectivity index (χ1) is 11.9. The number of nitrogens with two attached hydrogens (primary N) is 1. The molecule has 0 saturated heterocycles. The summed E-state index contributed by atoms with van der Waals surface area (Å²) < 4.78 is 6.49. The van der Waals surface area contributed by atoms with Crippen LogP contribution in [-0.4, -0.2) is 46.8 Å². The van der Waals surface area contributed by atoms with Crippen LogP contribution in [0.5, 0.6) is 0 Å². The van der Waals surface area contributed by atoms with Gasteiger partial charge >= 0.3 is 5.97 Å². The highest BCUT2D eigenvalue weighted by molar-refractivity contribution is 5.99. The number of carboxylic acids is 1. The second-order valence-electron chi connectivity index (χ2n) is 7.75. The molecule has 0 aliphatic heterocycles. The molecule has 0 aromatic carbocycles. The Labute approximate surface area is 149 Å². The fourth-order valence-corrected chi connectivity index (χ4v) is 3.63. The van der Waals surface area contributed by atoms with Gasteiger partial charge in [-0.05, 0) is 6.42 Å². The van der Waals surface area contributed by atoms with E-state index < -0.39 is 47.1 Å². The smallest absolute Gasteiger partial charge is 0.305 e. The topological polar surface area (TPSA) is 139 Å². The van der Waals surface area contributed by atoms with E-state index in [0.717, 1.165) is 0 Å². The molecule has 0 radical (unpaired) electrons. The van der Waals surface area contributed by atoms with Crippen molar-refractivity contribution in [2.24, 2.45) is 16.6 Å². The molecule has 0 spiro atoms. The maximum Gasteiger partial charge on any atom is 0.305 e. The van der Waals surface area contributed by atoms with E-state index in [1.165, 1.54) is 0 Å². The van der Waals surface area contributed by atoms with Crippen LogP contribution in [0, 0.1) is 10.8 Å². The van der Waals surface area contributed by atoms with Crippen LogP contribution in [-0.2, 0) is 19.2 Å². The number of hydrogen-bond acceptors (Lipinski definition) is 6. The highest BCUT2D eigenvalue weighted by Crippen LogP contribution is 2.50. The van der Waals surface area contributed by atoms with Crippen LogP contribution in [0.4, 0.5) is 0 Å². The number of amides is 2. The summed E-state index contributed by atoms with van der Waals surface area (Å²) in [5.41, 5.74) is 4.26. The first kappa shape index (κ1) is 19.4. The Kier molecular flexibility index (Phi) is 5.82. The van der Waals surface area contributed by atoms with Crippen molar-refractivity contribution in [2.75, 3.05) is 0 Å². The number of rotatable bonds is 8. The SMILES string of the molecule is [2H]OC(=O)C[C@H](N)C(=O)N[C@@H](CCC)C(=O)NC1C(C)(C)C(=O)C1(C)C. The lowest BCUT2D eigenvalue weighted by Crippen LogP contribution is -2.72. The summed E-state index contributed by atoms with van der Waals surface area (Å²) in [6.45, 7) is 8.98. The molecule has 2 amide bonds. The average molecular weight is 356 g/mol. The molecule has 0 bridgehead atoms. The second-order valence-corrected chi connectivity index (χ2v) is 7.75. The Morgan fingerprint density at radius 1 is 1.24 bits per heavy atom. The van der Waals surface area contributed by atoms with Gasteiger partial charge in [-0.1, -0.05) is 41.0 Å². The fourth-order valence-electron chi connectivity index (χ4n) is 3.63. The number of carbonyl (C=O) groups is 4. The van der Waals surface area contributed by atoms with E-state index in [0.29, 0.717) is 12.8 Å². The second kappa shape index (κ2) is 7.51. The van der Waals surface area contributed by atoms with Gasteiger partial charge in [-0.3, -0.25) is 19.2 Å². The average Bonchev–Trinajstić information content (AvgIpc) is 2.57. The third kappa shape index (κ3) is 4.36. The van der Waals surface area contributed by atoms with Gasteiger partial charge in [0.05, 0.1) is 18.5 Å². The summed E-state index contributed by atoms with van der Waals surface area (Å²) in [7, 11) is 0. The maximum atomic E-state index is 12.7. The van der Waals surface area contributed by atoms with Crippen molar-refractivity contribution in [2.45, 2.75) is 72.0 Å². The van der Waals surface area contributed by atoms with E-state index in [2.05, 4.69) is 15.7 Å². The number of Topliss-reactive ketones (excluding diaryl/α,β-unsaturated/α-hetero) is 1. The fraction of sp³-hybridized carbons (Fsp3) is 0.765. The highest BCUT2D eigenvalue weighted by Gasteiger charge is 2.62. The van der Waals surface area contributed by atoms with Crippen LogP contribution in [0.15, 0.2) is 0 Å². The summed E-state index contributed by atoms with van der Waals surface area (Å²) in [6.07, 6.45) is 0.570. The minimum absolute atomic E-state index is 0.0716. The molecule has 8 heteroatoms. The molecular weight excluding hydrogens is 326 g/mol. The third-order valence-electron chi connectivity index (χ3n) is 4.83. The first-order valence-corrected chi connectivity index (χ1v) is 8.46. The van der Waals surface area contributed by atoms with E-state index in [4.69, 9.17) is 7.16 Å². The number of nitrogens with one attached hydrogen (secondary N) is 2. The minimum Gasteiger partial charge on any atom is -0.481 e. The highest BCUT2D eigenvalue weighted by atomic mass is 16.4. The summed E-state index contributed by atoms with van der Waals surface area (Å²) in [5.74, 6) is -1.93. The Bertz CT molecular complexity index is 573. The molecule has 0 unspecified atom stereocenters. The normalized spacial score (nSPS) is 21.4. The van der Waals surface area contributed by atoms with Crippen LogP contribution in [0.2, 0.25) is 0 Å². The van der Waals surface area contributed by atoms with Crippen LogP contribution in [0.25, 0.3) is 1.43 Å². The molecule has 142 valence electrons. The summed E-state index contributed by atoms with van der Waals surface area (Å²) in [5, 5.41) is 9.15. The van der Waals surface area contributed by atoms with E-state index in [9.17, 15) is 19.2 Å². The van der Waals surface area contributed by atoms with Crippen molar-refractivity contribution in [3.05, 3.63) is 0 Å². The number of aliphatic carboxylic acids is 1. The molecule has 5 N–H and O–H groups in total. The molecule has 0 aromatic rings. The minimum atomic E-state index is -1.21. The zero-order valence-corrected chi connectivity index (χ0v) is 15.5. The predicted molar refractivity (Wildman–Crippen MR) is 91.6 cm³/mol. The first-order valence-electron chi connectivity index (χ1n) is 8.87. The number of ketones is 1. The molecule has 0 aromatic heterocycles. The molecule has 1 aliphatic rings. The summed E-state index contributed by atoms with van der Waals surface area (Å²) >= 11 is 0. The van der Waals surface area contributed by atoms with Crippen LogP contribution < -0.4 is 16.4 Å². The van der Waals surface area contributed by atoms with Crippen LogP contribution in [0.3, 0.4) is 0 Å². The Morgan fingerprint density at radius 2 is 1.80 bits per heavy atom. The Balaban J connectivity index is 2.77. The maximum absolute atomic E-state index is 12.7. The molecule has 0 heterocycles. The van der Waals surface area contributed by atoms with E-state index in [1.807, 2.05) is 6.92 Å². The van der Waals surface area contributed by atoms with Gasteiger partial charge in [-0.25, -0.2) is 0 Å². The van der Waals surface area contributed by atoms with Crippen molar-refractivity contribution in [3.8, 4) is 0 Å². The number of hydrogen-bond donors (Lipinski definition) is 4. The zero-order chi connectivity index (χ0) is 20.3. The molecule has 1 rings (SSSR count). The molecular formula is C17H29N3O5. The van der Waals surface area contributed by atoms with E-state index in [-0.39, 0.29) is 11.8 Å². The van der Waals surface area contributed by atoms with Crippen LogP contribution in [0.1, 0.15) is 53.9 Å². The zero-order valence-electron chi connectivity index (χ0n) is 16.5. The van der Waals surface area contributed by atoms with Gasteiger partial charge in [-0.2, -0.15) is 0 Å². The van der Waals surface area contributed by atoms with Crippen molar-refractivity contribution < 1.29 is 24.3 Å². The quantitative estimate of drug-likeness (QED) is 0.490. The van der Waals surface area contributed by atoms with Gasteiger partial charge in [0.25, 0.3) is 1.43 Å². The largest absolute Gasteiger partial charge is 0.481 e. The Hall–Kier alpha value is -1.96. The molecule has 8 nitrogen and oxygen atoms in total. The lowest BCUT2D eigenvalue weighted by atomic mass is 9.51.